The van der Waals surface area contributed by atoms with Crippen LogP contribution in [0.2, 0.25) is 0 Å². The first kappa shape index (κ1) is 11.2. The maximum atomic E-state index is 12.6. The Morgan fingerprint density at radius 2 is 2.25 bits per heavy atom. The SMILES string of the molecule is O=C(c1cc2ccccn2n1)N1CCCc2n[nH]nc21. The summed E-state index contributed by atoms with van der Waals surface area (Å²) >= 11 is 0. The molecule has 0 fully saturated rings. The van der Waals surface area contributed by atoms with E-state index in [1.807, 2.05) is 24.4 Å². The number of rotatable bonds is 1. The van der Waals surface area contributed by atoms with Gasteiger partial charge in [0, 0.05) is 12.7 Å². The summed E-state index contributed by atoms with van der Waals surface area (Å²) in [6, 6.07) is 7.50. The van der Waals surface area contributed by atoms with E-state index in [0.29, 0.717) is 18.1 Å². The third kappa shape index (κ3) is 1.59. The van der Waals surface area contributed by atoms with E-state index in [4.69, 9.17) is 0 Å². The Labute approximate surface area is 114 Å². The van der Waals surface area contributed by atoms with Crippen molar-refractivity contribution in [2.45, 2.75) is 12.8 Å². The van der Waals surface area contributed by atoms with Crippen LogP contribution in [0.5, 0.6) is 0 Å². The number of carbonyl (C=O) groups excluding carboxylic acids is 1. The van der Waals surface area contributed by atoms with Crippen molar-refractivity contribution in [2.24, 2.45) is 0 Å². The van der Waals surface area contributed by atoms with Crippen LogP contribution < -0.4 is 4.90 Å². The summed E-state index contributed by atoms with van der Waals surface area (Å²) in [7, 11) is 0. The fourth-order valence-electron chi connectivity index (χ4n) is 2.52. The predicted molar refractivity (Wildman–Crippen MR) is 71.6 cm³/mol. The van der Waals surface area contributed by atoms with Crippen LogP contribution in [0.1, 0.15) is 22.6 Å². The molecular formula is C13H12N6O. The van der Waals surface area contributed by atoms with Gasteiger partial charge < -0.3 is 0 Å². The molecule has 20 heavy (non-hydrogen) atoms. The third-order valence-electron chi connectivity index (χ3n) is 3.48. The van der Waals surface area contributed by atoms with Crippen molar-refractivity contribution in [1.29, 1.82) is 0 Å². The number of anilines is 1. The molecule has 1 aliphatic rings. The molecule has 0 aromatic carbocycles. The van der Waals surface area contributed by atoms with Gasteiger partial charge in [-0.1, -0.05) is 6.07 Å². The molecule has 3 aromatic heterocycles. The maximum absolute atomic E-state index is 12.6. The van der Waals surface area contributed by atoms with Gasteiger partial charge in [0.25, 0.3) is 5.91 Å². The average molecular weight is 268 g/mol. The van der Waals surface area contributed by atoms with Crippen molar-refractivity contribution in [3.05, 3.63) is 41.9 Å². The highest BCUT2D eigenvalue weighted by molar-refractivity contribution is 6.05. The summed E-state index contributed by atoms with van der Waals surface area (Å²) in [5.74, 6) is 0.488. The molecular weight excluding hydrogens is 256 g/mol. The summed E-state index contributed by atoms with van der Waals surface area (Å²) in [4.78, 5) is 14.2. The van der Waals surface area contributed by atoms with Crippen molar-refractivity contribution in [3.63, 3.8) is 0 Å². The average Bonchev–Trinajstić information content (AvgIpc) is 3.12. The summed E-state index contributed by atoms with van der Waals surface area (Å²) in [6.07, 6.45) is 3.56. The zero-order valence-electron chi connectivity index (χ0n) is 10.7. The van der Waals surface area contributed by atoms with Gasteiger partial charge in [0.15, 0.2) is 11.5 Å². The van der Waals surface area contributed by atoms with Crippen molar-refractivity contribution < 1.29 is 4.79 Å². The van der Waals surface area contributed by atoms with Crippen LogP contribution in [0.15, 0.2) is 30.5 Å². The van der Waals surface area contributed by atoms with E-state index in [2.05, 4.69) is 20.5 Å². The lowest BCUT2D eigenvalue weighted by Gasteiger charge is -2.23. The van der Waals surface area contributed by atoms with Crippen LogP contribution in [0.3, 0.4) is 0 Å². The van der Waals surface area contributed by atoms with Crippen molar-refractivity contribution >= 4 is 17.2 Å². The number of nitrogens with one attached hydrogen (secondary N) is 1. The number of aromatic amines is 1. The second-order valence-corrected chi connectivity index (χ2v) is 4.75. The summed E-state index contributed by atoms with van der Waals surface area (Å²) in [5.41, 5.74) is 2.16. The van der Waals surface area contributed by atoms with E-state index in [9.17, 15) is 4.79 Å². The molecule has 4 rings (SSSR count). The normalized spacial score (nSPS) is 14.5. The van der Waals surface area contributed by atoms with Gasteiger partial charge in [-0.05, 0) is 31.0 Å². The van der Waals surface area contributed by atoms with Gasteiger partial charge >= 0.3 is 0 Å². The fraction of sp³-hybridized carbons (Fsp3) is 0.231. The Hall–Kier alpha value is -2.70. The van der Waals surface area contributed by atoms with Gasteiger partial charge in [0.05, 0.1) is 5.52 Å². The molecule has 7 heteroatoms. The molecule has 1 aliphatic heterocycles. The number of aryl methyl sites for hydroxylation is 1. The topological polar surface area (TPSA) is 79.2 Å². The van der Waals surface area contributed by atoms with E-state index < -0.39 is 0 Å². The Morgan fingerprint density at radius 3 is 3.15 bits per heavy atom. The summed E-state index contributed by atoms with van der Waals surface area (Å²) in [5, 5.41) is 15.0. The van der Waals surface area contributed by atoms with E-state index in [0.717, 1.165) is 24.1 Å². The molecule has 0 saturated heterocycles. The van der Waals surface area contributed by atoms with Gasteiger partial charge in [-0.25, -0.2) is 4.52 Å². The van der Waals surface area contributed by atoms with Gasteiger partial charge in [-0.15, -0.1) is 5.10 Å². The monoisotopic (exact) mass is 268 g/mol. The number of nitrogens with zero attached hydrogens (tertiary/aromatic N) is 5. The number of carbonyl (C=O) groups is 1. The first-order valence-electron chi connectivity index (χ1n) is 6.49. The molecule has 0 unspecified atom stereocenters. The molecule has 1 amide bonds. The molecule has 100 valence electrons. The number of amides is 1. The molecule has 4 heterocycles. The van der Waals surface area contributed by atoms with Crippen molar-refractivity contribution in [2.75, 3.05) is 11.4 Å². The van der Waals surface area contributed by atoms with Crippen LogP contribution >= 0.6 is 0 Å². The largest absolute Gasteiger partial charge is 0.288 e. The minimum atomic E-state index is -0.136. The first-order chi connectivity index (χ1) is 9.83. The second-order valence-electron chi connectivity index (χ2n) is 4.75. The number of pyridine rings is 1. The molecule has 0 spiro atoms. The number of fused-ring (bicyclic) bond motifs is 2. The molecule has 3 aromatic rings. The van der Waals surface area contributed by atoms with Gasteiger partial charge in [0.1, 0.15) is 5.69 Å². The standard InChI is InChI=1S/C13H12N6O/c20-13(11-8-9-4-1-2-7-19(9)16-11)18-6-3-5-10-12(18)15-17-14-10/h1-2,4,7-8H,3,5-6H2,(H,14,15,17). The van der Waals surface area contributed by atoms with Crippen molar-refractivity contribution in [3.8, 4) is 0 Å². The van der Waals surface area contributed by atoms with Crippen LogP contribution in [-0.2, 0) is 6.42 Å². The molecule has 0 bridgehead atoms. The fourth-order valence-corrected chi connectivity index (χ4v) is 2.52. The predicted octanol–water partition coefficient (Wildman–Crippen LogP) is 1.05. The minimum Gasteiger partial charge on any atom is -0.288 e. The lowest BCUT2D eigenvalue weighted by Crippen LogP contribution is -2.36. The van der Waals surface area contributed by atoms with Gasteiger partial charge in [-0.3, -0.25) is 9.69 Å². The number of aromatic nitrogens is 5. The van der Waals surface area contributed by atoms with Crippen LogP contribution in [0.25, 0.3) is 5.52 Å². The summed E-state index contributed by atoms with van der Waals surface area (Å²) < 4.78 is 1.70. The van der Waals surface area contributed by atoms with Crippen LogP contribution in [0.4, 0.5) is 5.82 Å². The maximum Gasteiger partial charge on any atom is 0.280 e. The van der Waals surface area contributed by atoms with E-state index in [1.165, 1.54) is 0 Å². The smallest absolute Gasteiger partial charge is 0.280 e. The van der Waals surface area contributed by atoms with E-state index in [1.54, 1.807) is 15.5 Å². The Balaban J connectivity index is 1.74. The molecule has 0 saturated carbocycles. The first-order valence-corrected chi connectivity index (χ1v) is 6.49. The highest BCUT2D eigenvalue weighted by atomic mass is 16.2. The Bertz CT molecular complexity index is 756. The lowest BCUT2D eigenvalue weighted by atomic mass is 10.1. The zero-order valence-corrected chi connectivity index (χ0v) is 10.7. The number of hydrogen-bond acceptors (Lipinski definition) is 4. The molecule has 1 N–H and O–H groups in total. The molecule has 0 atom stereocenters. The number of hydrogen-bond donors (Lipinski definition) is 1. The van der Waals surface area contributed by atoms with Crippen LogP contribution in [-0.4, -0.2) is 37.5 Å². The van der Waals surface area contributed by atoms with E-state index >= 15 is 0 Å². The van der Waals surface area contributed by atoms with E-state index in [-0.39, 0.29) is 5.91 Å². The van der Waals surface area contributed by atoms with Crippen molar-refractivity contribution in [1.82, 2.24) is 25.0 Å². The zero-order chi connectivity index (χ0) is 13.5. The molecule has 0 aliphatic carbocycles. The third-order valence-corrected chi connectivity index (χ3v) is 3.48. The molecule has 7 nitrogen and oxygen atoms in total. The minimum absolute atomic E-state index is 0.136. The highest BCUT2D eigenvalue weighted by Gasteiger charge is 2.28. The Morgan fingerprint density at radius 1 is 1.30 bits per heavy atom. The highest BCUT2D eigenvalue weighted by Crippen LogP contribution is 2.23. The van der Waals surface area contributed by atoms with Crippen LogP contribution in [0, 0.1) is 0 Å². The molecule has 0 radical (unpaired) electrons. The summed E-state index contributed by atoms with van der Waals surface area (Å²) in [6.45, 7) is 0.645. The second kappa shape index (κ2) is 4.16. The van der Waals surface area contributed by atoms with Gasteiger partial charge in [0.2, 0.25) is 0 Å². The lowest BCUT2D eigenvalue weighted by molar-refractivity contribution is 0.0979. The number of H-pyrrole nitrogens is 1. The van der Waals surface area contributed by atoms with Gasteiger partial charge in [-0.2, -0.15) is 15.4 Å². The quantitative estimate of drug-likeness (QED) is 0.715. The Kier molecular flexibility index (Phi) is 2.32.